The van der Waals surface area contributed by atoms with E-state index in [0.29, 0.717) is 12.1 Å². The summed E-state index contributed by atoms with van der Waals surface area (Å²) in [7, 11) is 2.61. The first-order valence-corrected chi connectivity index (χ1v) is 15.0. The van der Waals surface area contributed by atoms with Crippen LogP contribution in [0.3, 0.4) is 0 Å². The molecule has 1 atom stereocenters. The molecule has 0 aliphatic carbocycles. The second-order valence-electron chi connectivity index (χ2n) is 11.5. The number of nitrogens with zero attached hydrogens (tertiary/aromatic N) is 5. The molecule has 0 saturated carbocycles. The summed E-state index contributed by atoms with van der Waals surface area (Å²) in [5.41, 5.74) is -2.07. The Morgan fingerprint density at radius 1 is 1.00 bits per heavy atom. The molecule has 51 heavy (non-hydrogen) atoms. The topological polar surface area (TPSA) is 187 Å². The first-order valence-electron chi connectivity index (χ1n) is 15.0. The lowest BCUT2D eigenvalue weighted by Crippen LogP contribution is -2.29. The molecule has 1 aromatic heterocycles. The van der Waals surface area contributed by atoms with Gasteiger partial charge >= 0.3 is 35.6 Å². The van der Waals surface area contributed by atoms with Gasteiger partial charge in [0.15, 0.2) is 17.6 Å². The molecule has 0 aliphatic heterocycles. The Morgan fingerprint density at radius 2 is 1.69 bits per heavy atom. The van der Waals surface area contributed by atoms with Crippen molar-refractivity contribution < 1.29 is 51.7 Å². The number of benzene rings is 3. The molecule has 0 radical (unpaired) electrons. The average Bonchev–Trinajstić information content (AvgIpc) is 3.06. The van der Waals surface area contributed by atoms with Gasteiger partial charge < -0.3 is 29.0 Å². The lowest BCUT2D eigenvalue weighted by Gasteiger charge is -2.18. The summed E-state index contributed by atoms with van der Waals surface area (Å²) in [6.07, 6.45) is -6.77. The SMILES string of the molecule is CC(C)CC(Oc1nc(Oc2cc(C#N)ccc2OCc2ccccc2)nc(Oc2cc(C(=O)N(C)C)cc(C(F)(F)F)c2)c1[N+](=O)[O-])C(=O)O. The molecule has 0 aliphatic rings. The third-order valence-electron chi connectivity index (χ3n) is 6.81. The first kappa shape index (κ1) is 37.4. The van der Waals surface area contributed by atoms with Crippen molar-refractivity contribution in [3.05, 3.63) is 99.1 Å². The van der Waals surface area contributed by atoms with E-state index >= 15 is 0 Å². The van der Waals surface area contributed by atoms with Gasteiger partial charge in [0, 0.05) is 25.7 Å². The van der Waals surface area contributed by atoms with Crippen LogP contribution in [0.15, 0.2) is 66.7 Å². The van der Waals surface area contributed by atoms with E-state index in [9.17, 15) is 43.2 Å². The number of carbonyl (C=O) groups is 2. The van der Waals surface area contributed by atoms with Crippen LogP contribution in [-0.2, 0) is 17.6 Å². The van der Waals surface area contributed by atoms with Crippen LogP contribution in [0.2, 0.25) is 0 Å². The zero-order valence-corrected chi connectivity index (χ0v) is 27.5. The predicted octanol–water partition coefficient (Wildman–Crippen LogP) is 7.02. The van der Waals surface area contributed by atoms with E-state index in [1.165, 1.54) is 32.3 Å². The van der Waals surface area contributed by atoms with Gasteiger partial charge in [-0.05, 0) is 48.2 Å². The van der Waals surface area contributed by atoms with Gasteiger partial charge in [-0.2, -0.15) is 28.4 Å². The van der Waals surface area contributed by atoms with Crippen LogP contribution >= 0.6 is 0 Å². The second-order valence-corrected chi connectivity index (χ2v) is 11.5. The van der Waals surface area contributed by atoms with Crippen LogP contribution in [0, 0.1) is 27.4 Å². The molecule has 1 unspecified atom stereocenters. The molecular weight excluding hydrogens is 679 g/mol. The van der Waals surface area contributed by atoms with Crippen LogP contribution in [0.4, 0.5) is 18.9 Å². The Balaban J connectivity index is 1.89. The van der Waals surface area contributed by atoms with Crippen molar-refractivity contribution >= 4 is 17.6 Å². The number of aliphatic carboxylic acids is 1. The van der Waals surface area contributed by atoms with Gasteiger partial charge in [0.25, 0.3) is 5.91 Å². The fraction of sp³-hybridized carbons (Fsp3) is 0.265. The largest absolute Gasteiger partial charge is 0.485 e. The molecule has 3 aromatic carbocycles. The number of alkyl halides is 3. The number of nitriles is 1. The summed E-state index contributed by atoms with van der Waals surface area (Å²) in [5.74, 6) is -5.35. The quantitative estimate of drug-likeness (QED) is 0.104. The highest BCUT2D eigenvalue weighted by Crippen LogP contribution is 2.42. The molecule has 266 valence electrons. The van der Waals surface area contributed by atoms with E-state index in [4.69, 9.17) is 18.9 Å². The number of nitro groups is 1. The second kappa shape index (κ2) is 15.8. The van der Waals surface area contributed by atoms with Crippen LogP contribution in [0.1, 0.15) is 47.3 Å². The van der Waals surface area contributed by atoms with E-state index < -0.39 is 69.4 Å². The maximum absolute atomic E-state index is 13.9. The van der Waals surface area contributed by atoms with Crippen LogP contribution < -0.4 is 18.9 Å². The van der Waals surface area contributed by atoms with Crippen molar-refractivity contribution in [2.45, 2.75) is 39.2 Å². The Labute approximate surface area is 288 Å². The predicted molar refractivity (Wildman–Crippen MR) is 172 cm³/mol. The molecular formula is C34H30F3N5O9. The molecule has 14 nitrogen and oxygen atoms in total. The summed E-state index contributed by atoms with van der Waals surface area (Å²) in [6.45, 7) is 3.40. The minimum atomic E-state index is -4.96. The third-order valence-corrected chi connectivity index (χ3v) is 6.81. The van der Waals surface area contributed by atoms with Crippen molar-refractivity contribution in [2.75, 3.05) is 14.1 Å². The highest BCUT2D eigenvalue weighted by Gasteiger charge is 2.36. The van der Waals surface area contributed by atoms with Gasteiger partial charge in [-0.25, -0.2) is 4.79 Å². The minimum absolute atomic E-state index is 0.0476. The summed E-state index contributed by atoms with van der Waals surface area (Å²) in [4.78, 5) is 44.9. The van der Waals surface area contributed by atoms with E-state index in [0.717, 1.165) is 16.5 Å². The summed E-state index contributed by atoms with van der Waals surface area (Å²) >= 11 is 0. The Morgan fingerprint density at radius 3 is 2.27 bits per heavy atom. The first-order chi connectivity index (χ1) is 24.0. The molecule has 17 heteroatoms. The zero-order valence-electron chi connectivity index (χ0n) is 27.5. The monoisotopic (exact) mass is 709 g/mol. The van der Waals surface area contributed by atoms with Crippen molar-refractivity contribution in [3.63, 3.8) is 0 Å². The number of rotatable bonds is 14. The van der Waals surface area contributed by atoms with Crippen LogP contribution in [0.5, 0.6) is 35.0 Å². The normalized spacial score (nSPS) is 11.7. The smallest absolute Gasteiger partial charge is 0.416 e. The van der Waals surface area contributed by atoms with Gasteiger partial charge in [-0.15, -0.1) is 0 Å². The fourth-order valence-electron chi connectivity index (χ4n) is 4.44. The van der Waals surface area contributed by atoms with Gasteiger partial charge in [0.1, 0.15) is 12.4 Å². The maximum Gasteiger partial charge on any atom is 0.416 e. The van der Waals surface area contributed by atoms with E-state index in [2.05, 4.69) is 9.97 Å². The lowest BCUT2D eigenvalue weighted by atomic mass is 10.1. The molecule has 1 amide bonds. The number of carboxylic acid groups (broad SMARTS) is 1. The highest BCUT2D eigenvalue weighted by atomic mass is 19.4. The number of carboxylic acids is 1. The number of hydrogen-bond donors (Lipinski definition) is 1. The number of halogens is 3. The Hall–Kier alpha value is -6.44. The third kappa shape index (κ3) is 9.81. The molecule has 4 rings (SSSR count). The van der Waals surface area contributed by atoms with Gasteiger partial charge in [0.2, 0.25) is 0 Å². The number of amides is 1. The molecule has 0 spiro atoms. The molecule has 0 bridgehead atoms. The highest BCUT2D eigenvalue weighted by molar-refractivity contribution is 5.94. The summed E-state index contributed by atoms with van der Waals surface area (Å²) in [5, 5.41) is 31.7. The molecule has 1 N–H and O–H groups in total. The van der Waals surface area contributed by atoms with Gasteiger partial charge in [-0.3, -0.25) is 14.9 Å². The number of carbonyl (C=O) groups excluding carboxylic acids is 1. The number of hydrogen-bond acceptors (Lipinski definition) is 11. The van der Waals surface area contributed by atoms with E-state index in [1.54, 1.807) is 44.2 Å². The van der Waals surface area contributed by atoms with Gasteiger partial charge in [0.05, 0.1) is 22.1 Å². The minimum Gasteiger partial charge on any atom is -0.485 e. The summed E-state index contributed by atoms with van der Waals surface area (Å²) < 4.78 is 64.4. The average molecular weight is 710 g/mol. The molecule has 0 fully saturated rings. The van der Waals surface area contributed by atoms with Crippen molar-refractivity contribution in [2.24, 2.45) is 5.92 Å². The fourth-order valence-corrected chi connectivity index (χ4v) is 4.44. The Kier molecular flexibility index (Phi) is 11.6. The summed E-state index contributed by atoms with van der Waals surface area (Å²) in [6, 6.07) is 16.2. The van der Waals surface area contributed by atoms with Gasteiger partial charge in [-0.1, -0.05) is 44.2 Å². The maximum atomic E-state index is 13.9. The molecule has 1 heterocycles. The Bertz CT molecular complexity index is 1970. The zero-order chi connectivity index (χ0) is 37.5. The lowest BCUT2D eigenvalue weighted by molar-refractivity contribution is -0.387. The van der Waals surface area contributed by atoms with Crippen LogP contribution in [-0.4, -0.2) is 57.0 Å². The standard InChI is InChI=1S/C34H30F3N5O9/c1-19(2)12-27(32(44)45)50-30-28(42(46)47)29(49-24-15-22(31(43)41(3)4)14-23(16-24)34(35,36)37)39-33(40-30)51-26-13-21(17-38)10-11-25(26)48-18-20-8-6-5-7-9-20/h5-11,13-16,19,27H,12,18H2,1-4H3,(H,44,45). The van der Waals surface area contributed by atoms with E-state index in [1.807, 2.05) is 6.07 Å². The number of ether oxygens (including phenoxy) is 4. The van der Waals surface area contributed by atoms with Crippen molar-refractivity contribution in [1.29, 1.82) is 5.26 Å². The number of aromatic nitrogens is 2. The van der Waals surface area contributed by atoms with E-state index in [-0.39, 0.29) is 36.0 Å². The van der Waals surface area contributed by atoms with Crippen molar-refractivity contribution in [1.82, 2.24) is 14.9 Å². The molecule has 0 saturated heterocycles. The molecule has 4 aromatic rings. The van der Waals surface area contributed by atoms with Crippen molar-refractivity contribution in [3.8, 4) is 41.1 Å². The van der Waals surface area contributed by atoms with Crippen LogP contribution in [0.25, 0.3) is 0 Å².